The zero-order valence-corrected chi connectivity index (χ0v) is 68.5. The van der Waals surface area contributed by atoms with Gasteiger partial charge in [0.2, 0.25) is 0 Å². The van der Waals surface area contributed by atoms with Crippen molar-refractivity contribution in [3.8, 4) is 11.1 Å². The Morgan fingerprint density at radius 2 is 0.623 bits per heavy atom. The Kier molecular flexibility index (Phi) is 28.7. The second-order valence-electron chi connectivity index (χ2n) is 36.0. The van der Waals surface area contributed by atoms with Gasteiger partial charge in [-0.2, -0.15) is 0 Å². The summed E-state index contributed by atoms with van der Waals surface area (Å²) in [6, 6.07) is 31.7. The average Bonchev–Trinajstić information content (AvgIpc) is 0.864. The molecule has 16 rings (SSSR count). The van der Waals surface area contributed by atoms with Crippen molar-refractivity contribution in [2.24, 2.45) is 65.1 Å². The topological polar surface area (TPSA) is 0 Å². The number of hydrogen-bond acceptors (Lipinski definition) is 0. The molecular formula is C101H127F13. The van der Waals surface area contributed by atoms with E-state index < -0.39 is 75.6 Å². The minimum Gasteiger partial charge on any atom is -0.206 e. The van der Waals surface area contributed by atoms with Crippen LogP contribution in [0.15, 0.2) is 109 Å². The molecule has 0 spiro atoms. The molecule has 5 saturated carbocycles. The Labute approximate surface area is 676 Å². The molecule has 13 heteroatoms. The zero-order valence-electron chi connectivity index (χ0n) is 68.5. The molecule has 10 aromatic rings. The van der Waals surface area contributed by atoms with Crippen LogP contribution in [0.2, 0.25) is 0 Å². The molecule has 1 atom stereocenters. The van der Waals surface area contributed by atoms with Crippen molar-refractivity contribution in [3.05, 3.63) is 246 Å². The second-order valence-corrected chi connectivity index (χ2v) is 36.0. The molecule has 0 heterocycles. The molecule has 0 bridgehead atoms. The van der Waals surface area contributed by atoms with Gasteiger partial charge in [-0.3, -0.25) is 0 Å². The van der Waals surface area contributed by atoms with Crippen LogP contribution in [0, 0.1) is 182 Å². The fourth-order valence-corrected chi connectivity index (χ4v) is 19.5. The Bertz CT molecular complexity index is 5050. The van der Waals surface area contributed by atoms with Gasteiger partial charge in [0.05, 0.1) is 16.2 Å². The van der Waals surface area contributed by atoms with Gasteiger partial charge in [0, 0.05) is 14.1 Å². The minimum absolute atomic E-state index is 0. The van der Waals surface area contributed by atoms with E-state index in [0.29, 0.717) is 115 Å². The third-order valence-corrected chi connectivity index (χ3v) is 27.0. The maximum absolute atomic E-state index is 14.7. The number of rotatable bonds is 11. The van der Waals surface area contributed by atoms with Crippen LogP contribution in [0.5, 0.6) is 0 Å². The van der Waals surface area contributed by atoms with E-state index in [9.17, 15) is 57.1 Å². The number of halogens is 13. The molecule has 1 unspecified atom stereocenters. The fourth-order valence-electron chi connectivity index (χ4n) is 19.5. The molecule has 6 aliphatic rings. The minimum atomic E-state index is -1.06. The second kappa shape index (κ2) is 38.2. The van der Waals surface area contributed by atoms with Gasteiger partial charge in [-0.15, -0.1) is 0 Å². The van der Waals surface area contributed by atoms with E-state index in [1.54, 1.807) is 88.4 Å². The highest BCUT2D eigenvalue weighted by Gasteiger charge is 2.32. The van der Waals surface area contributed by atoms with Crippen molar-refractivity contribution in [1.29, 1.82) is 0 Å². The lowest BCUT2D eigenvalue weighted by molar-refractivity contribution is 0.195. The summed E-state index contributed by atoms with van der Waals surface area (Å²) < 4.78 is 184. The first kappa shape index (κ1) is 85.7. The first-order valence-corrected chi connectivity index (χ1v) is 42.6. The highest BCUT2D eigenvalue weighted by atomic mass is 19.2. The summed E-state index contributed by atoms with van der Waals surface area (Å²) in [7, 11) is 0. The zero-order chi connectivity index (χ0) is 81.5. The van der Waals surface area contributed by atoms with Crippen LogP contribution in [0.25, 0.3) is 54.2 Å². The normalized spacial score (nSPS) is 23.0. The van der Waals surface area contributed by atoms with Crippen molar-refractivity contribution in [1.82, 2.24) is 0 Å². The SMILES string of the molecule is Cc1cc2c(c(F)c1F)CC(CC1CCC(C)CC1)CC2.Cc1cc2ccc(CC3CCC(C)CC3)c(F)c2c(F)c1F.Cc1ccc2cc(-c3ccc(C)c(F)c3F)ccc2c1.Cc1ccc2cc(CC3CCC(C)CC3)c(F)c(F)c2c1F.Cc1ccc2cc(CC3CCC(CC4CCC(C)CC4)CC3)c(F)c(F)c2c1F.[HH].[HH].[HH].[HH].[HH].[HH]. The van der Waals surface area contributed by atoms with Crippen molar-refractivity contribution in [2.45, 2.75) is 249 Å². The van der Waals surface area contributed by atoms with Crippen LogP contribution < -0.4 is 0 Å². The summed E-state index contributed by atoms with van der Waals surface area (Å²) >= 11 is 0. The number of hydrogen-bond donors (Lipinski definition) is 0. The molecule has 10 aromatic carbocycles. The third-order valence-electron chi connectivity index (χ3n) is 27.0. The molecule has 622 valence electrons. The van der Waals surface area contributed by atoms with Gasteiger partial charge in [-0.1, -0.05) is 208 Å². The molecule has 0 radical (unpaired) electrons. The quantitative estimate of drug-likeness (QED) is 0.113. The van der Waals surface area contributed by atoms with Crippen LogP contribution in [-0.2, 0) is 32.1 Å². The molecule has 0 nitrogen and oxygen atoms in total. The van der Waals surface area contributed by atoms with Crippen LogP contribution in [0.4, 0.5) is 57.1 Å². The van der Waals surface area contributed by atoms with Gasteiger partial charge in [0.15, 0.2) is 58.2 Å². The van der Waals surface area contributed by atoms with Gasteiger partial charge in [-0.25, -0.2) is 57.1 Å². The lowest BCUT2D eigenvalue weighted by atomic mass is 9.72. The Morgan fingerprint density at radius 3 is 1.13 bits per heavy atom. The average molecular weight is 1590 g/mol. The first-order chi connectivity index (χ1) is 54.5. The van der Waals surface area contributed by atoms with Gasteiger partial charge in [0.1, 0.15) is 17.5 Å². The number of benzene rings is 10. The third kappa shape index (κ3) is 20.5. The lowest BCUT2D eigenvalue weighted by Crippen LogP contribution is -2.22. The molecule has 114 heavy (non-hydrogen) atoms. The molecule has 6 aliphatic carbocycles. The highest BCUT2D eigenvalue weighted by molar-refractivity contribution is 5.89. The van der Waals surface area contributed by atoms with E-state index in [2.05, 4.69) is 33.8 Å². The Balaban J connectivity index is 0.000000231. The van der Waals surface area contributed by atoms with Crippen LogP contribution >= 0.6 is 0 Å². The van der Waals surface area contributed by atoms with E-state index in [1.165, 1.54) is 108 Å². The van der Waals surface area contributed by atoms with Crippen LogP contribution in [-0.4, -0.2) is 0 Å². The van der Waals surface area contributed by atoms with E-state index >= 15 is 0 Å². The molecule has 5 fully saturated rings. The predicted octanol–water partition coefficient (Wildman–Crippen LogP) is 32.5. The summed E-state index contributed by atoms with van der Waals surface area (Å²) in [5, 5.41) is 2.81. The summed E-state index contributed by atoms with van der Waals surface area (Å²) in [4.78, 5) is 0. The molecule has 0 aromatic heterocycles. The standard InChI is InChI=1S/C26H33F3.2C19H21F3.C19H26F2.C18H14F2.6H2/c1-16-3-6-18(7-4-16)13-19-8-10-20(11-9-19)14-22-15-21-12-5-17(2)24(27)23(21)26(29)25(22)28;1-11-3-6-13(7-4-11)9-15-10-14-8-5-12(2)17(20)16(14)19(22)18(15)21;1-11-3-5-13(6-4-11)10-15-8-7-14-9-12(2)17(20)19(22)16(14)18(15)21;1-12-3-5-14(6-4-12)10-15-7-8-16-9-13(2)18(20)19(21)17(16)11-15;1-11-3-5-14-10-15(7-6-13(14)9-11)16-8-4-12(2)17(19)18(16)20;;;;;;/h5,12,15-16,18-20H,3-4,6-11,13-14H2,1-2H3;5,8,10-11,13H,3-4,6-7,9H2,1-2H3;7-9,11,13H,3-6,10H2,1-2H3;9,12,14-15H,3-8,10-11H2,1-2H3;3-10H,1-2H3;6*1H. The van der Waals surface area contributed by atoms with Crippen LogP contribution in [0.3, 0.4) is 0 Å². The van der Waals surface area contributed by atoms with Gasteiger partial charge in [0.25, 0.3) is 0 Å². The van der Waals surface area contributed by atoms with E-state index in [-0.39, 0.29) is 30.3 Å². The Hall–Kier alpha value is -7.67. The number of fused-ring (bicyclic) bond motifs is 5. The molecular weight excluding hydrogens is 1460 g/mol. The first-order valence-electron chi connectivity index (χ1n) is 42.6. The molecule has 0 saturated heterocycles. The predicted molar refractivity (Wildman–Crippen MR) is 454 cm³/mol. The summed E-state index contributed by atoms with van der Waals surface area (Å²) in [5.74, 6) is -2.93. The van der Waals surface area contributed by atoms with E-state index in [1.807, 2.05) is 43.3 Å². The Morgan fingerprint density at radius 1 is 0.263 bits per heavy atom. The maximum Gasteiger partial charge on any atom is 0.169 e. The lowest BCUT2D eigenvalue weighted by Gasteiger charge is -2.33. The van der Waals surface area contributed by atoms with Gasteiger partial charge < -0.3 is 0 Å². The summed E-state index contributed by atoms with van der Waals surface area (Å²) in [6.07, 6.45) is 31.5. The van der Waals surface area contributed by atoms with Gasteiger partial charge >= 0.3 is 0 Å². The summed E-state index contributed by atoms with van der Waals surface area (Å²) in [6.45, 7) is 19.1. The van der Waals surface area contributed by atoms with Crippen LogP contribution in [0.1, 0.15) is 245 Å². The van der Waals surface area contributed by atoms with Crippen molar-refractivity contribution in [3.63, 3.8) is 0 Å². The van der Waals surface area contributed by atoms with Crippen molar-refractivity contribution >= 4 is 43.1 Å². The smallest absolute Gasteiger partial charge is 0.169 e. The summed E-state index contributed by atoms with van der Waals surface area (Å²) in [5.41, 5.74) is 6.83. The van der Waals surface area contributed by atoms with E-state index in [4.69, 9.17) is 0 Å². The van der Waals surface area contributed by atoms with Gasteiger partial charge in [-0.05, 0) is 309 Å². The largest absolute Gasteiger partial charge is 0.206 e. The monoisotopic (exact) mass is 1590 g/mol. The molecule has 0 amide bonds. The molecule has 0 N–H and O–H groups in total. The maximum atomic E-state index is 14.7. The van der Waals surface area contributed by atoms with E-state index in [0.717, 1.165) is 128 Å². The highest BCUT2D eigenvalue weighted by Crippen LogP contribution is 2.44. The number of aryl methyl sites for hydroxylation is 7. The van der Waals surface area contributed by atoms with Crippen molar-refractivity contribution < 1.29 is 65.6 Å². The fraction of sp³-hybridized carbons (Fsp3) is 0.485. The van der Waals surface area contributed by atoms with Crippen molar-refractivity contribution in [2.75, 3.05) is 0 Å². The molecule has 0 aliphatic heterocycles.